The molecule has 1 amide bonds. The number of methoxy groups -OCH3 is 1. The van der Waals surface area contributed by atoms with Gasteiger partial charge >= 0.3 is 0 Å². The summed E-state index contributed by atoms with van der Waals surface area (Å²) in [5.41, 5.74) is 2.16. The number of carbonyl (C=O) groups is 1. The van der Waals surface area contributed by atoms with E-state index in [1.54, 1.807) is 14.0 Å². The van der Waals surface area contributed by atoms with Crippen LogP contribution in [0.2, 0.25) is 0 Å². The van der Waals surface area contributed by atoms with E-state index in [4.69, 9.17) is 4.74 Å². The molecule has 1 saturated heterocycles. The zero-order chi connectivity index (χ0) is 16.9. The second-order valence-corrected chi connectivity index (χ2v) is 5.94. The van der Waals surface area contributed by atoms with Crippen LogP contribution in [0.1, 0.15) is 24.1 Å². The fourth-order valence-electron chi connectivity index (χ4n) is 3.18. The minimum Gasteiger partial charge on any atom is -0.496 e. The monoisotopic (exact) mass is 326 g/mol. The van der Waals surface area contributed by atoms with E-state index in [-0.39, 0.29) is 11.9 Å². The van der Waals surface area contributed by atoms with Crippen LogP contribution in [0.25, 0.3) is 0 Å². The van der Waals surface area contributed by atoms with Crippen molar-refractivity contribution in [1.82, 2.24) is 19.8 Å². The summed E-state index contributed by atoms with van der Waals surface area (Å²) in [4.78, 5) is 24.3. The number of amides is 1. The van der Waals surface area contributed by atoms with E-state index in [2.05, 4.69) is 20.9 Å². The molecule has 1 aromatic carbocycles. The molecule has 0 bridgehead atoms. The van der Waals surface area contributed by atoms with Crippen molar-refractivity contribution in [2.75, 3.05) is 26.7 Å². The molecule has 0 unspecified atom stereocenters. The van der Waals surface area contributed by atoms with Gasteiger partial charge in [-0.3, -0.25) is 9.69 Å². The third kappa shape index (κ3) is 3.54. The summed E-state index contributed by atoms with van der Waals surface area (Å²) in [5.74, 6) is 0.958. The molecule has 0 radical (unpaired) electrons. The smallest absolute Gasteiger partial charge is 0.219 e. The van der Waals surface area contributed by atoms with E-state index < -0.39 is 0 Å². The highest BCUT2D eigenvalue weighted by molar-refractivity contribution is 5.73. The van der Waals surface area contributed by atoms with Gasteiger partial charge in [0, 0.05) is 56.6 Å². The molecule has 1 atom stereocenters. The van der Waals surface area contributed by atoms with Crippen LogP contribution >= 0.6 is 0 Å². The molecule has 1 aromatic heterocycles. The Morgan fingerprint density at radius 3 is 2.71 bits per heavy atom. The molecule has 0 saturated carbocycles. The molecule has 0 N–H and O–H groups in total. The molecule has 126 valence electrons. The highest BCUT2D eigenvalue weighted by Gasteiger charge is 2.31. The number of aromatic nitrogens is 2. The lowest BCUT2D eigenvalue weighted by atomic mass is 10.0. The summed E-state index contributed by atoms with van der Waals surface area (Å²) in [5, 5.41) is 0. The molecule has 2 aromatic rings. The third-order valence-electron chi connectivity index (χ3n) is 4.43. The summed E-state index contributed by atoms with van der Waals surface area (Å²) in [6, 6.07) is 8.09. The minimum atomic E-state index is 0.0824. The Bertz CT molecular complexity index is 692. The standard InChI is InChI=1S/C18H22N4O2/c1-14(23)21-7-8-22(11-15-9-19-13-20-10-15)17(12-21)16-5-3-4-6-18(16)24-2/h3-6,9-10,13,17H,7-8,11-12H2,1-2H3/t17-/m1/s1. The van der Waals surface area contributed by atoms with Gasteiger partial charge in [0.05, 0.1) is 13.2 Å². The second kappa shape index (κ2) is 7.40. The van der Waals surface area contributed by atoms with Crippen LogP contribution in [-0.4, -0.2) is 52.4 Å². The van der Waals surface area contributed by atoms with Crippen LogP contribution in [0.4, 0.5) is 0 Å². The third-order valence-corrected chi connectivity index (χ3v) is 4.43. The normalized spacial score (nSPS) is 18.4. The molecular weight excluding hydrogens is 304 g/mol. The fraction of sp³-hybridized carbons (Fsp3) is 0.389. The van der Waals surface area contributed by atoms with Crippen molar-refractivity contribution in [2.45, 2.75) is 19.5 Å². The van der Waals surface area contributed by atoms with Gasteiger partial charge in [0.1, 0.15) is 12.1 Å². The molecule has 6 nitrogen and oxygen atoms in total. The summed E-state index contributed by atoms with van der Waals surface area (Å²) in [7, 11) is 1.68. The lowest BCUT2D eigenvalue weighted by Crippen LogP contribution is -2.49. The van der Waals surface area contributed by atoms with Crippen molar-refractivity contribution in [3.8, 4) is 5.75 Å². The van der Waals surface area contributed by atoms with Crippen molar-refractivity contribution in [1.29, 1.82) is 0 Å². The van der Waals surface area contributed by atoms with Gasteiger partial charge in [-0.15, -0.1) is 0 Å². The molecule has 24 heavy (non-hydrogen) atoms. The van der Waals surface area contributed by atoms with Crippen LogP contribution in [0, 0.1) is 0 Å². The Balaban J connectivity index is 1.90. The van der Waals surface area contributed by atoms with Gasteiger partial charge in [-0.25, -0.2) is 9.97 Å². The van der Waals surface area contributed by atoms with E-state index in [0.717, 1.165) is 36.5 Å². The molecular formula is C18H22N4O2. The zero-order valence-corrected chi connectivity index (χ0v) is 14.1. The predicted octanol–water partition coefficient (Wildman–Crippen LogP) is 1.89. The van der Waals surface area contributed by atoms with E-state index in [1.165, 1.54) is 6.33 Å². The minimum absolute atomic E-state index is 0.0824. The maximum Gasteiger partial charge on any atom is 0.219 e. The highest BCUT2D eigenvalue weighted by Crippen LogP contribution is 2.33. The van der Waals surface area contributed by atoms with E-state index in [0.29, 0.717) is 6.54 Å². The Morgan fingerprint density at radius 1 is 1.25 bits per heavy atom. The number of hydrogen-bond donors (Lipinski definition) is 0. The van der Waals surface area contributed by atoms with E-state index in [1.807, 2.05) is 35.5 Å². The average Bonchev–Trinajstić information content (AvgIpc) is 2.62. The summed E-state index contributed by atoms with van der Waals surface area (Å²) in [6.07, 6.45) is 5.21. The Kier molecular flexibility index (Phi) is 5.05. The largest absolute Gasteiger partial charge is 0.496 e. The second-order valence-electron chi connectivity index (χ2n) is 5.94. The first-order chi connectivity index (χ1) is 11.7. The van der Waals surface area contributed by atoms with Crippen molar-refractivity contribution in [3.05, 3.63) is 54.1 Å². The molecule has 0 spiro atoms. The highest BCUT2D eigenvalue weighted by atomic mass is 16.5. The van der Waals surface area contributed by atoms with E-state index >= 15 is 0 Å². The molecule has 0 aliphatic carbocycles. The summed E-state index contributed by atoms with van der Waals surface area (Å²) in [6.45, 7) is 4.56. The van der Waals surface area contributed by atoms with Gasteiger partial charge in [0.15, 0.2) is 0 Å². The SMILES string of the molecule is COc1ccccc1[C@H]1CN(C(C)=O)CCN1Cc1cncnc1. The van der Waals surface area contributed by atoms with Gasteiger partial charge in [-0.05, 0) is 6.07 Å². The molecule has 3 rings (SSSR count). The van der Waals surface area contributed by atoms with Gasteiger partial charge in [-0.2, -0.15) is 0 Å². The van der Waals surface area contributed by atoms with Crippen LogP contribution in [0.3, 0.4) is 0 Å². The summed E-state index contributed by atoms with van der Waals surface area (Å²) < 4.78 is 5.54. The van der Waals surface area contributed by atoms with Gasteiger partial charge in [0.2, 0.25) is 5.91 Å². The topological polar surface area (TPSA) is 58.6 Å². The molecule has 2 heterocycles. The number of para-hydroxylation sites is 1. The molecule has 6 heteroatoms. The number of benzene rings is 1. The Morgan fingerprint density at radius 2 is 2.00 bits per heavy atom. The van der Waals surface area contributed by atoms with Crippen LogP contribution in [-0.2, 0) is 11.3 Å². The molecule has 1 aliphatic rings. The first kappa shape index (κ1) is 16.4. The number of rotatable bonds is 4. The first-order valence-electron chi connectivity index (χ1n) is 8.05. The van der Waals surface area contributed by atoms with Crippen molar-refractivity contribution >= 4 is 5.91 Å². The number of ether oxygens (including phenoxy) is 1. The first-order valence-corrected chi connectivity index (χ1v) is 8.05. The maximum absolute atomic E-state index is 11.9. The molecule has 1 aliphatic heterocycles. The Labute approximate surface area is 142 Å². The maximum atomic E-state index is 11.9. The average molecular weight is 326 g/mol. The number of hydrogen-bond acceptors (Lipinski definition) is 5. The lowest BCUT2D eigenvalue weighted by molar-refractivity contribution is -0.132. The Hall–Kier alpha value is -2.47. The van der Waals surface area contributed by atoms with Crippen molar-refractivity contribution in [2.24, 2.45) is 0 Å². The fourth-order valence-corrected chi connectivity index (χ4v) is 3.18. The van der Waals surface area contributed by atoms with Crippen molar-refractivity contribution < 1.29 is 9.53 Å². The van der Waals surface area contributed by atoms with Crippen LogP contribution < -0.4 is 4.74 Å². The number of carbonyl (C=O) groups excluding carboxylic acids is 1. The van der Waals surface area contributed by atoms with E-state index in [9.17, 15) is 4.79 Å². The quantitative estimate of drug-likeness (QED) is 0.859. The van der Waals surface area contributed by atoms with Crippen LogP contribution in [0.15, 0.2) is 43.0 Å². The van der Waals surface area contributed by atoms with Crippen molar-refractivity contribution in [3.63, 3.8) is 0 Å². The van der Waals surface area contributed by atoms with Gasteiger partial charge in [-0.1, -0.05) is 18.2 Å². The number of piperazine rings is 1. The zero-order valence-electron chi connectivity index (χ0n) is 14.1. The van der Waals surface area contributed by atoms with Crippen LogP contribution in [0.5, 0.6) is 5.75 Å². The van der Waals surface area contributed by atoms with Gasteiger partial charge < -0.3 is 9.64 Å². The molecule has 1 fully saturated rings. The van der Waals surface area contributed by atoms with Gasteiger partial charge in [0.25, 0.3) is 0 Å². The number of nitrogens with zero attached hydrogens (tertiary/aromatic N) is 4. The lowest BCUT2D eigenvalue weighted by Gasteiger charge is -2.41. The predicted molar refractivity (Wildman–Crippen MR) is 90.4 cm³/mol. The summed E-state index contributed by atoms with van der Waals surface area (Å²) >= 11 is 0.